The van der Waals surface area contributed by atoms with Crippen molar-refractivity contribution < 1.29 is 22.9 Å². The smallest absolute Gasteiger partial charge is 0.294 e. The fraction of sp³-hybridized carbons (Fsp3) is 0.417. The fourth-order valence-corrected chi connectivity index (χ4v) is 2.00. The van der Waals surface area contributed by atoms with Crippen molar-refractivity contribution in [2.75, 3.05) is 6.61 Å². The van der Waals surface area contributed by atoms with Crippen LogP contribution in [0.4, 0.5) is 0 Å². The molecule has 0 bridgehead atoms. The van der Waals surface area contributed by atoms with Crippen LogP contribution in [0.5, 0.6) is 0 Å². The van der Waals surface area contributed by atoms with Gasteiger partial charge in [-0.25, -0.2) is 0 Å². The molecule has 1 aromatic rings. The standard InChI is InChI=1S/C7H8O3S.C5H9NO2/c1-6-2-4-7(5-3-6)11(8,9)10;7-3-4-1-2-5(8)6-4/h2-5H,1H3,(H,8,9,10);4,7H,1-3H2,(H,6,8)/t;4-/m.1/s1. The van der Waals surface area contributed by atoms with Gasteiger partial charge in [0.05, 0.1) is 17.5 Å². The summed E-state index contributed by atoms with van der Waals surface area (Å²) in [4.78, 5) is 10.3. The lowest BCUT2D eigenvalue weighted by molar-refractivity contribution is -0.119. The van der Waals surface area contributed by atoms with E-state index < -0.39 is 10.1 Å². The van der Waals surface area contributed by atoms with Gasteiger partial charge in [-0.3, -0.25) is 9.35 Å². The van der Waals surface area contributed by atoms with E-state index in [1.165, 1.54) is 12.1 Å². The highest BCUT2D eigenvalue weighted by atomic mass is 32.2. The molecule has 6 nitrogen and oxygen atoms in total. The van der Waals surface area contributed by atoms with Crippen LogP contribution >= 0.6 is 0 Å². The molecular formula is C12H17NO5S. The number of carbonyl (C=O) groups excluding carboxylic acids is 1. The normalized spacial score (nSPS) is 18.5. The number of nitrogens with one attached hydrogen (secondary N) is 1. The fourth-order valence-electron chi connectivity index (χ4n) is 1.52. The molecule has 2 rings (SSSR count). The van der Waals surface area contributed by atoms with Crippen molar-refractivity contribution >= 4 is 16.0 Å². The Morgan fingerprint density at radius 2 is 1.89 bits per heavy atom. The molecule has 0 aliphatic carbocycles. The maximum absolute atomic E-state index is 10.5. The molecule has 1 amide bonds. The topological polar surface area (TPSA) is 104 Å². The van der Waals surface area contributed by atoms with Crippen LogP contribution < -0.4 is 5.32 Å². The molecule has 19 heavy (non-hydrogen) atoms. The molecule has 1 saturated heterocycles. The monoisotopic (exact) mass is 287 g/mol. The summed E-state index contributed by atoms with van der Waals surface area (Å²) >= 11 is 0. The Morgan fingerprint density at radius 3 is 2.21 bits per heavy atom. The van der Waals surface area contributed by atoms with Gasteiger partial charge in [-0.1, -0.05) is 17.7 Å². The largest absolute Gasteiger partial charge is 0.394 e. The number of rotatable bonds is 2. The molecule has 1 fully saturated rings. The second-order valence-electron chi connectivity index (χ2n) is 4.27. The van der Waals surface area contributed by atoms with Gasteiger partial charge in [0.15, 0.2) is 0 Å². The lowest BCUT2D eigenvalue weighted by Gasteiger charge is -2.01. The predicted octanol–water partition coefficient (Wildman–Crippen LogP) is 0.499. The zero-order valence-electron chi connectivity index (χ0n) is 10.5. The van der Waals surface area contributed by atoms with Gasteiger partial charge in [0.2, 0.25) is 5.91 Å². The molecule has 1 aliphatic heterocycles. The van der Waals surface area contributed by atoms with E-state index >= 15 is 0 Å². The van der Waals surface area contributed by atoms with E-state index in [9.17, 15) is 13.2 Å². The van der Waals surface area contributed by atoms with Gasteiger partial charge in [-0.2, -0.15) is 8.42 Å². The second-order valence-corrected chi connectivity index (χ2v) is 5.70. The second kappa shape index (κ2) is 6.65. The SMILES string of the molecule is Cc1ccc(S(=O)(=O)O)cc1.O=C1CC[C@H](CO)N1. The number of amides is 1. The lowest BCUT2D eigenvalue weighted by atomic mass is 10.2. The average Bonchev–Trinajstić information content (AvgIpc) is 2.75. The minimum absolute atomic E-state index is 0.0301. The summed E-state index contributed by atoms with van der Waals surface area (Å²) in [7, 11) is -4.02. The van der Waals surface area contributed by atoms with Gasteiger partial charge < -0.3 is 10.4 Å². The molecule has 0 saturated carbocycles. The van der Waals surface area contributed by atoms with E-state index in [4.69, 9.17) is 9.66 Å². The molecule has 1 aromatic carbocycles. The number of hydrogen-bond acceptors (Lipinski definition) is 4. The van der Waals surface area contributed by atoms with Gasteiger partial charge in [-0.05, 0) is 25.5 Å². The highest BCUT2D eigenvalue weighted by Gasteiger charge is 2.18. The van der Waals surface area contributed by atoms with Crippen LogP contribution in [0.3, 0.4) is 0 Å². The molecule has 0 aromatic heterocycles. The van der Waals surface area contributed by atoms with Crippen molar-refractivity contribution in [1.29, 1.82) is 0 Å². The van der Waals surface area contributed by atoms with Crippen molar-refractivity contribution in [2.45, 2.75) is 30.7 Å². The van der Waals surface area contributed by atoms with Crippen LogP contribution in [0, 0.1) is 6.92 Å². The summed E-state index contributed by atoms with van der Waals surface area (Å²) in [6.07, 6.45) is 1.36. The van der Waals surface area contributed by atoms with E-state index in [2.05, 4.69) is 5.32 Å². The molecule has 3 N–H and O–H groups in total. The molecule has 0 radical (unpaired) electrons. The lowest BCUT2D eigenvalue weighted by Crippen LogP contribution is -2.28. The molecular weight excluding hydrogens is 270 g/mol. The third-order valence-electron chi connectivity index (χ3n) is 2.62. The summed E-state index contributed by atoms with van der Waals surface area (Å²) in [5.74, 6) is 0.0593. The maximum Gasteiger partial charge on any atom is 0.294 e. The summed E-state index contributed by atoms with van der Waals surface area (Å²) in [6.45, 7) is 1.92. The Morgan fingerprint density at radius 1 is 1.32 bits per heavy atom. The number of benzene rings is 1. The van der Waals surface area contributed by atoms with Crippen LogP contribution in [0.2, 0.25) is 0 Å². The van der Waals surface area contributed by atoms with Gasteiger partial charge in [0, 0.05) is 6.42 Å². The molecule has 0 spiro atoms. The van der Waals surface area contributed by atoms with Crippen molar-refractivity contribution in [1.82, 2.24) is 5.32 Å². The highest BCUT2D eigenvalue weighted by molar-refractivity contribution is 7.85. The first-order chi connectivity index (χ1) is 8.82. The first-order valence-electron chi connectivity index (χ1n) is 5.77. The first-order valence-corrected chi connectivity index (χ1v) is 7.21. The summed E-state index contributed by atoms with van der Waals surface area (Å²) in [6, 6.07) is 6.02. The molecule has 7 heteroatoms. The Kier molecular flexibility index (Phi) is 5.46. The molecule has 0 unspecified atom stereocenters. The number of aliphatic hydroxyl groups excluding tert-OH is 1. The van der Waals surface area contributed by atoms with Crippen LogP contribution in [0.1, 0.15) is 18.4 Å². The van der Waals surface area contributed by atoms with Crippen molar-refractivity contribution in [3.05, 3.63) is 29.8 Å². The predicted molar refractivity (Wildman–Crippen MR) is 69.2 cm³/mol. The van der Waals surface area contributed by atoms with Crippen molar-refractivity contribution in [3.63, 3.8) is 0 Å². The van der Waals surface area contributed by atoms with E-state index in [-0.39, 0.29) is 23.5 Å². The van der Waals surface area contributed by atoms with Gasteiger partial charge in [-0.15, -0.1) is 0 Å². The zero-order valence-corrected chi connectivity index (χ0v) is 11.4. The third-order valence-corrected chi connectivity index (χ3v) is 3.49. The molecule has 1 aliphatic rings. The highest BCUT2D eigenvalue weighted by Crippen LogP contribution is 2.08. The Hall–Kier alpha value is -1.44. The van der Waals surface area contributed by atoms with Gasteiger partial charge in [0.25, 0.3) is 10.1 Å². The zero-order chi connectivity index (χ0) is 14.5. The van der Waals surface area contributed by atoms with E-state index in [1.807, 2.05) is 6.92 Å². The Bertz CT molecular complexity index is 524. The first kappa shape index (κ1) is 15.6. The van der Waals surface area contributed by atoms with Gasteiger partial charge >= 0.3 is 0 Å². The van der Waals surface area contributed by atoms with E-state index in [0.717, 1.165) is 12.0 Å². The van der Waals surface area contributed by atoms with E-state index in [0.29, 0.717) is 6.42 Å². The minimum Gasteiger partial charge on any atom is -0.394 e. The number of aryl methyl sites for hydroxylation is 1. The molecule has 106 valence electrons. The Labute approximate surface area is 112 Å². The van der Waals surface area contributed by atoms with Crippen molar-refractivity contribution in [3.8, 4) is 0 Å². The number of aliphatic hydroxyl groups is 1. The van der Waals surface area contributed by atoms with Crippen LogP contribution in [-0.4, -0.2) is 36.6 Å². The minimum atomic E-state index is -4.02. The third kappa shape index (κ3) is 5.37. The Balaban J connectivity index is 0.000000200. The average molecular weight is 287 g/mol. The van der Waals surface area contributed by atoms with Gasteiger partial charge in [0.1, 0.15) is 0 Å². The van der Waals surface area contributed by atoms with Crippen molar-refractivity contribution in [2.24, 2.45) is 0 Å². The molecule has 1 atom stereocenters. The summed E-state index contributed by atoms with van der Waals surface area (Å²) in [5.41, 5.74) is 0.956. The number of carbonyl (C=O) groups is 1. The van der Waals surface area contributed by atoms with E-state index in [1.54, 1.807) is 12.1 Å². The maximum atomic E-state index is 10.5. The summed E-state index contributed by atoms with van der Waals surface area (Å²) in [5, 5.41) is 11.1. The molecule has 1 heterocycles. The summed E-state index contributed by atoms with van der Waals surface area (Å²) < 4.78 is 29.6. The van der Waals surface area contributed by atoms with Crippen LogP contribution in [-0.2, 0) is 14.9 Å². The van der Waals surface area contributed by atoms with Crippen LogP contribution in [0.25, 0.3) is 0 Å². The quantitative estimate of drug-likeness (QED) is 0.687. The number of hydrogen-bond donors (Lipinski definition) is 3. The van der Waals surface area contributed by atoms with Crippen LogP contribution in [0.15, 0.2) is 29.2 Å².